The van der Waals surface area contributed by atoms with E-state index in [2.05, 4.69) is 6.92 Å². The number of likely N-dealkylation sites (N-methyl/N-ethyl adjacent to an activating group) is 1. The van der Waals surface area contributed by atoms with Gasteiger partial charge in [-0.25, -0.2) is 6.29 Å². The molecule has 0 fully saturated rings. The summed E-state index contributed by atoms with van der Waals surface area (Å²) >= 11 is 0. The van der Waals surface area contributed by atoms with Crippen LogP contribution in [0.4, 0.5) is 0 Å². The Bertz CT molecular complexity index is 165. The topological polar surface area (TPSA) is 20.3 Å². The molecule has 18 heavy (non-hydrogen) atoms. The quantitative estimate of drug-likeness (QED) is 0.280. The molecule has 0 amide bonds. The van der Waals surface area contributed by atoms with Crippen molar-refractivity contribution in [1.29, 1.82) is 0 Å². The zero-order chi connectivity index (χ0) is 12.8. The molecule has 0 aliphatic rings. The monoisotopic (exact) mass is 263 g/mol. The maximum absolute atomic E-state index is 10.1. The molecule has 0 aromatic rings. The first-order valence-corrected chi connectivity index (χ1v) is 7.34. The fourth-order valence-electron chi connectivity index (χ4n) is 2.06. The average Bonchev–Trinajstić information content (AvgIpc) is 2.32. The Morgan fingerprint density at radius 3 is 1.72 bits per heavy atom. The molecule has 0 bridgehead atoms. The van der Waals surface area contributed by atoms with Gasteiger partial charge in [0.2, 0.25) is 0 Å². The Labute approximate surface area is 136 Å². The Hall–Kier alpha value is 0.630. The number of unbranched alkanes of at least 4 members (excludes halogenated alkanes) is 9. The predicted octanol–water partition coefficient (Wildman–Crippen LogP) is 0.953. The first kappa shape index (κ1) is 20.9. The molecule has 2 nitrogen and oxygen atoms in total. The third-order valence-electron chi connectivity index (χ3n) is 3.23. The molecule has 0 unspecified atom stereocenters. The van der Waals surface area contributed by atoms with Crippen LogP contribution in [-0.2, 0) is 4.79 Å². The van der Waals surface area contributed by atoms with Crippen molar-refractivity contribution in [1.82, 2.24) is 4.90 Å². The van der Waals surface area contributed by atoms with Crippen LogP contribution in [0.5, 0.6) is 0 Å². The van der Waals surface area contributed by atoms with Gasteiger partial charge in [0.15, 0.2) is 0 Å². The van der Waals surface area contributed by atoms with Gasteiger partial charge in [0.1, 0.15) is 0 Å². The second-order valence-corrected chi connectivity index (χ2v) is 5.06. The third kappa shape index (κ3) is 16.6. The number of nitrogens with zero attached hydrogens (tertiary/aromatic N) is 1. The van der Waals surface area contributed by atoms with E-state index in [1.165, 1.54) is 64.2 Å². The fourth-order valence-corrected chi connectivity index (χ4v) is 2.06. The van der Waals surface area contributed by atoms with Crippen LogP contribution in [0.3, 0.4) is 0 Å². The fraction of sp³-hybridized carbons (Fsp3) is 0.933. The minimum atomic E-state index is 0. The number of hydrogen-bond donors (Lipinski definition) is 0. The van der Waals surface area contributed by atoms with E-state index in [-0.39, 0.29) is 29.6 Å². The summed E-state index contributed by atoms with van der Waals surface area (Å²) < 4.78 is 0. The van der Waals surface area contributed by atoms with Gasteiger partial charge in [-0.2, -0.15) is 0 Å². The average molecular weight is 263 g/mol. The molecule has 0 aromatic heterocycles. The SMILES string of the molecule is CCCCCCCCCCCCN(C)C[C-]=O.[Na+]. The molecule has 0 aliphatic carbocycles. The predicted molar refractivity (Wildman–Crippen MR) is 75.0 cm³/mol. The maximum atomic E-state index is 10.1. The van der Waals surface area contributed by atoms with E-state index in [1.807, 2.05) is 18.2 Å². The second kappa shape index (κ2) is 17.6. The summed E-state index contributed by atoms with van der Waals surface area (Å²) in [7, 11) is 1.98. The standard InChI is InChI=1S/C15H30NO.Na/c1-3-4-5-6-7-8-9-10-11-12-13-16(2)14-15-17;/h3-14H2,1-2H3;/q-1;+1. The number of rotatable bonds is 13. The van der Waals surface area contributed by atoms with Gasteiger partial charge in [0.05, 0.1) is 0 Å². The van der Waals surface area contributed by atoms with Crippen molar-refractivity contribution in [3.8, 4) is 0 Å². The van der Waals surface area contributed by atoms with E-state index >= 15 is 0 Å². The van der Waals surface area contributed by atoms with E-state index in [9.17, 15) is 4.79 Å². The van der Waals surface area contributed by atoms with Crippen molar-refractivity contribution in [3.05, 3.63) is 0 Å². The molecule has 0 heterocycles. The van der Waals surface area contributed by atoms with E-state index < -0.39 is 0 Å². The Morgan fingerprint density at radius 2 is 1.28 bits per heavy atom. The normalized spacial score (nSPS) is 10.4. The van der Waals surface area contributed by atoms with Gasteiger partial charge in [-0.05, 0) is 20.0 Å². The summed E-state index contributed by atoms with van der Waals surface area (Å²) in [5.74, 6) is 0. The van der Waals surface area contributed by atoms with Crippen molar-refractivity contribution in [3.63, 3.8) is 0 Å². The summed E-state index contributed by atoms with van der Waals surface area (Å²) in [6.45, 7) is 3.75. The molecular weight excluding hydrogens is 233 g/mol. The summed E-state index contributed by atoms with van der Waals surface area (Å²) in [4.78, 5) is 12.2. The minimum absolute atomic E-state index is 0. The molecule has 102 valence electrons. The van der Waals surface area contributed by atoms with Crippen LogP contribution in [-0.4, -0.2) is 31.3 Å². The van der Waals surface area contributed by atoms with Crippen LogP contribution in [0.25, 0.3) is 0 Å². The van der Waals surface area contributed by atoms with Crippen molar-refractivity contribution in [2.45, 2.75) is 71.1 Å². The Kier molecular flexibility index (Phi) is 20.5. The Balaban J connectivity index is 0. The van der Waals surface area contributed by atoms with E-state index in [1.54, 1.807) is 0 Å². The summed E-state index contributed by atoms with van der Waals surface area (Å²) in [5.41, 5.74) is 0. The van der Waals surface area contributed by atoms with Gasteiger partial charge in [0.25, 0.3) is 0 Å². The summed E-state index contributed by atoms with van der Waals surface area (Å²) in [6, 6.07) is 0. The molecular formula is C15H30NNaO. The third-order valence-corrected chi connectivity index (χ3v) is 3.23. The van der Waals surface area contributed by atoms with Gasteiger partial charge in [-0.3, -0.25) is 0 Å². The van der Waals surface area contributed by atoms with Crippen LogP contribution >= 0.6 is 0 Å². The molecule has 0 spiro atoms. The molecule has 0 aromatic carbocycles. The maximum Gasteiger partial charge on any atom is 1.00 e. The smallest absolute Gasteiger partial charge is 0.541 e. The molecule has 0 N–H and O–H groups in total. The van der Waals surface area contributed by atoms with Gasteiger partial charge in [-0.15, -0.1) is 0 Å². The molecule has 0 radical (unpaired) electrons. The van der Waals surface area contributed by atoms with Crippen molar-refractivity contribution < 1.29 is 34.4 Å². The van der Waals surface area contributed by atoms with E-state index in [4.69, 9.17) is 0 Å². The van der Waals surface area contributed by atoms with Crippen LogP contribution in [0.1, 0.15) is 71.1 Å². The van der Waals surface area contributed by atoms with Gasteiger partial charge in [0, 0.05) is 0 Å². The second-order valence-electron chi connectivity index (χ2n) is 5.06. The van der Waals surface area contributed by atoms with Crippen LogP contribution in [0, 0.1) is 0 Å². The molecule has 0 saturated heterocycles. The van der Waals surface area contributed by atoms with E-state index in [0.29, 0.717) is 6.54 Å². The van der Waals surface area contributed by atoms with Gasteiger partial charge >= 0.3 is 29.6 Å². The Morgan fingerprint density at radius 1 is 0.833 bits per heavy atom. The zero-order valence-corrected chi connectivity index (χ0v) is 14.8. The largest absolute Gasteiger partial charge is 1.00 e. The minimum Gasteiger partial charge on any atom is -0.541 e. The molecule has 3 heteroatoms. The van der Waals surface area contributed by atoms with Crippen LogP contribution < -0.4 is 29.6 Å². The van der Waals surface area contributed by atoms with Crippen LogP contribution in [0.15, 0.2) is 0 Å². The zero-order valence-electron chi connectivity index (χ0n) is 12.8. The van der Waals surface area contributed by atoms with E-state index in [0.717, 1.165) is 6.54 Å². The number of hydrogen-bond acceptors (Lipinski definition) is 2. The summed E-state index contributed by atoms with van der Waals surface area (Å²) in [6.07, 6.45) is 15.6. The first-order valence-electron chi connectivity index (χ1n) is 7.34. The summed E-state index contributed by atoms with van der Waals surface area (Å²) in [5, 5.41) is 0. The van der Waals surface area contributed by atoms with Crippen molar-refractivity contribution in [2.24, 2.45) is 0 Å². The van der Waals surface area contributed by atoms with Gasteiger partial charge in [-0.1, -0.05) is 71.3 Å². The molecule has 0 aliphatic heterocycles. The first-order chi connectivity index (χ1) is 8.31. The van der Waals surface area contributed by atoms with Crippen molar-refractivity contribution >= 4 is 6.29 Å². The van der Waals surface area contributed by atoms with Crippen molar-refractivity contribution in [2.75, 3.05) is 20.1 Å². The molecule has 0 atom stereocenters. The van der Waals surface area contributed by atoms with Gasteiger partial charge < -0.3 is 9.69 Å². The molecule has 0 rings (SSSR count). The number of carbonyl (C=O) groups excluding carboxylic acids is 1. The van der Waals surface area contributed by atoms with Crippen LogP contribution in [0.2, 0.25) is 0 Å². The molecule has 0 saturated carbocycles.